The summed E-state index contributed by atoms with van der Waals surface area (Å²) in [5, 5.41) is 13.0. The Labute approximate surface area is 92.3 Å². The van der Waals surface area contributed by atoms with Crippen molar-refractivity contribution in [2.45, 2.75) is 26.4 Å². The largest absolute Gasteiger partial charge is 0.391 e. The van der Waals surface area contributed by atoms with E-state index in [1.54, 1.807) is 0 Å². The van der Waals surface area contributed by atoms with Gasteiger partial charge in [0.25, 0.3) is 0 Å². The summed E-state index contributed by atoms with van der Waals surface area (Å²) in [6.45, 7) is 5.96. The van der Waals surface area contributed by atoms with Crippen molar-refractivity contribution in [3.63, 3.8) is 0 Å². The van der Waals surface area contributed by atoms with E-state index in [0.29, 0.717) is 12.5 Å². The standard InChI is InChI=1S/C13H21NO/c1-11(2)9-14-10-13(15)8-12-6-4-3-5-7-12/h3-7,11,13-15H,8-10H2,1-2H3/t13-/m1/s1. The Bertz CT molecular complexity index is 258. The summed E-state index contributed by atoms with van der Waals surface area (Å²) in [7, 11) is 0. The molecule has 15 heavy (non-hydrogen) atoms. The van der Waals surface area contributed by atoms with Crippen molar-refractivity contribution in [1.82, 2.24) is 5.32 Å². The van der Waals surface area contributed by atoms with Crippen molar-refractivity contribution < 1.29 is 5.11 Å². The first-order valence-corrected chi connectivity index (χ1v) is 5.61. The lowest BCUT2D eigenvalue weighted by Gasteiger charge is -2.13. The minimum Gasteiger partial charge on any atom is -0.391 e. The van der Waals surface area contributed by atoms with Gasteiger partial charge in [-0.05, 0) is 24.4 Å². The van der Waals surface area contributed by atoms with E-state index in [1.165, 1.54) is 5.56 Å². The fourth-order valence-corrected chi connectivity index (χ4v) is 1.50. The van der Waals surface area contributed by atoms with Crippen LogP contribution in [-0.4, -0.2) is 24.3 Å². The molecular formula is C13H21NO. The monoisotopic (exact) mass is 207 g/mol. The zero-order valence-electron chi connectivity index (χ0n) is 9.61. The smallest absolute Gasteiger partial charge is 0.0704 e. The Hall–Kier alpha value is -0.860. The van der Waals surface area contributed by atoms with E-state index >= 15 is 0 Å². The van der Waals surface area contributed by atoms with E-state index < -0.39 is 0 Å². The number of benzene rings is 1. The topological polar surface area (TPSA) is 32.3 Å². The molecule has 84 valence electrons. The molecule has 1 atom stereocenters. The number of rotatable bonds is 6. The average Bonchev–Trinajstić information content (AvgIpc) is 2.18. The van der Waals surface area contributed by atoms with E-state index in [9.17, 15) is 5.11 Å². The molecule has 2 heteroatoms. The van der Waals surface area contributed by atoms with Crippen LogP contribution in [0.25, 0.3) is 0 Å². The molecule has 1 aromatic rings. The Morgan fingerprint density at radius 1 is 1.13 bits per heavy atom. The molecule has 0 aliphatic carbocycles. The zero-order valence-corrected chi connectivity index (χ0v) is 9.61. The Morgan fingerprint density at radius 3 is 2.40 bits per heavy atom. The summed E-state index contributed by atoms with van der Waals surface area (Å²) in [4.78, 5) is 0. The van der Waals surface area contributed by atoms with Crippen LogP contribution in [0.15, 0.2) is 30.3 Å². The van der Waals surface area contributed by atoms with E-state index in [4.69, 9.17) is 0 Å². The molecule has 0 radical (unpaired) electrons. The van der Waals surface area contributed by atoms with Gasteiger partial charge in [-0.3, -0.25) is 0 Å². The minimum atomic E-state index is -0.286. The van der Waals surface area contributed by atoms with Crippen LogP contribution in [0.3, 0.4) is 0 Å². The van der Waals surface area contributed by atoms with Gasteiger partial charge in [-0.1, -0.05) is 44.2 Å². The van der Waals surface area contributed by atoms with Crippen LogP contribution in [0.4, 0.5) is 0 Å². The van der Waals surface area contributed by atoms with Crippen LogP contribution >= 0.6 is 0 Å². The third-order valence-electron chi connectivity index (χ3n) is 2.25. The molecule has 2 N–H and O–H groups in total. The molecular weight excluding hydrogens is 186 g/mol. The van der Waals surface area contributed by atoms with Crippen LogP contribution in [0.1, 0.15) is 19.4 Å². The minimum absolute atomic E-state index is 0.286. The van der Waals surface area contributed by atoms with Crippen molar-refractivity contribution >= 4 is 0 Å². The second kappa shape index (κ2) is 6.59. The van der Waals surface area contributed by atoms with Crippen molar-refractivity contribution in [3.8, 4) is 0 Å². The molecule has 0 saturated heterocycles. The van der Waals surface area contributed by atoms with E-state index in [1.807, 2.05) is 30.3 Å². The number of hydrogen-bond acceptors (Lipinski definition) is 2. The van der Waals surface area contributed by atoms with Gasteiger partial charge < -0.3 is 10.4 Å². The van der Waals surface area contributed by atoms with E-state index in [2.05, 4.69) is 19.2 Å². The molecule has 0 spiro atoms. The second-order valence-electron chi connectivity index (χ2n) is 4.40. The second-order valence-corrected chi connectivity index (χ2v) is 4.40. The summed E-state index contributed by atoms with van der Waals surface area (Å²) < 4.78 is 0. The molecule has 0 saturated carbocycles. The maximum Gasteiger partial charge on any atom is 0.0704 e. The number of hydrogen-bond donors (Lipinski definition) is 2. The summed E-state index contributed by atoms with van der Waals surface area (Å²) in [6.07, 6.45) is 0.442. The third kappa shape index (κ3) is 5.55. The molecule has 0 aliphatic heterocycles. The lowest BCUT2D eigenvalue weighted by molar-refractivity contribution is 0.170. The number of aliphatic hydroxyl groups is 1. The van der Waals surface area contributed by atoms with Crippen LogP contribution < -0.4 is 5.32 Å². The normalized spacial score (nSPS) is 13.1. The number of nitrogens with one attached hydrogen (secondary N) is 1. The average molecular weight is 207 g/mol. The predicted molar refractivity (Wildman–Crippen MR) is 63.9 cm³/mol. The summed E-state index contributed by atoms with van der Waals surface area (Å²) >= 11 is 0. The van der Waals surface area contributed by atoms with Crippen molar-refractivity contribution in [2.75, 3.05) is 13.1 Å². The van der Waals surface area contributed by atoms with Gasteiger partial charge in [-0.25, -0.2) is 0 Å². The first-order chi connectivity index (χ1) is 7.18. The van der Waals surface area contributed by atoms with Gasteiger partial charge in [0.1, 0.15) is 0 Å². The molecule has 1 rings (SSSR count). The quantitative estimate of drug-likeness (QED) is 0.746. The lowest BCUT2D eigenvalue weighted by atomic mass is 10.1. The van der Waals surface area contributed by atoms with Crippen LogP contribution in [0.2, 0.25) is 0 Å². The summed E-state index contributed by atoms with van der Waals surface area (Å²) in [6, 6.07) is 10.1. The molecule has 0 amide bonds. The fraction of sp³-hybridized carbons (Fsp3) is 0.538. The summed E-state index contributed by atoms with van der Waals surface area (Å²) in [5.41, 5.74) is 1.19. The van der Waals surface area contributed by atoms with Gasteiger partial charge in [0, 0.05) is 6.54 Å². The van der Waals surface area contributed by atoms with Crippen LogP contribution in [-0.2, 0) is 6.42 Å². The highest BCUT2D eigenvalue weighted by Gasteiger charge is 2.04. The van der Waals surface area contributed by atoms with Gasteiger partial charge in [-0.2, -0.15) is 0 Å². The van der Waals surface area contributed by atoms with E-state index in [-0.39, 0.29) is 6.10 Å². The Balaban J connectivity index is 2.21. The van der Waals surface area contributed by atoms with Gasteiger partial charge in [0.15, 0.2) is 0 Å². The predicted octanol–water partition coefficient (Wildman–Crippen LogP) is 1.84. The molecule has 0 aliphatic rings. The molecule has 0 unspecified atom stereocenters. The fourth-order valence-electron chi connectivity index (χ4n) is 1.50. The molecule has 0 fully saturated rings. The van der Waals surface area contributed by atoms with Crippen LogP contribution in [0.5, 0.6) is 0 Å². The highest BCUT2D eigenvalue weighted by Crippen LogP contribution is 2.02. The zero-order chi connectivity index (χ0) is 11.1. The first-order valence-electron chi connectivity index (χ1n) is 5.61. The van der Waals surface area contributed by atoms with Crippen molar-refractivity contribution in [3.05, 3.63) is 35.9 Å². The highest BCUT2D eigenvalue weighted by atomic mass is 16.3. The maximum atomic E-state index is 9.75. The van der Waals surface area contributed by atoms with Crippen LogP contribution in [0, 0.1) is 5.92 Å². The molecule has 1 aromatic carbocycles. The number of aliphatic hydroxyl groups excluding tert-OH is 1. The Morgan fingerprint density at radius 2 is 1.80 bits per heavy atom. The van der Waals surface area contributed by atoms with Gasteiger partial charge in [0.2, 0.25) is 0 Å². The maximum absolute atomic E-state index is 9.75. The molecule has 0 aromatic heterocycles. The van der Waals surface area contributed by atoms with Crippen molar-refractivity contribution in [2.24, 2.45) is 5.92 Å². The highest BCUT2D eigenvalue weighted by molar-refractivity contribution is 5.15. The van der Waals surface area contributed by atoms with E-state index in [0.717, 1.165) is 13.0 Å². The summed E-state index contributed by atoms with van der Waals surface area (Å²) in [5.74, 6) is 0.633. The molecule has 0 bridgehead atoms. The van der Waals surface area contributed by atoms with Gasteiger partial charge in [-0.15, -0.1) is 0 Å². The third-order valence-corrected chi connectivity index (χ3v) is 2.25. The van der Waals surface area contributed by atoms with Crippen molar-refractivity contribution in [1.29, 1.82) is 0 Å². The van der Waals surface area contributed by atoms with Gasteiger partial charge in [0.05, 0.1) is 6.10 Å². The Kier molecular flexibility index (Phi) is 5.37. The molecule has 0 heterocycles. The first kappa shape index (κ1) is 12.2. The van der Waals surface area contributed by atoms with Gasteiger partial charge >= 0.3 is 0 Å². The lowest BCUT2D eigenvalue weighted by Crippen LogP contribution is -2.30. The SMILES string of the molecule is CC(C)CNC[C@H](O)Cc1ccccc1. The molecule has 2 nitrogen and oxygen atoms in total.